The molecule has 0 fully saturated rings. The van der Waals surface area contributed by atoms with Gasteiger partial charge >= 0.3 is 12.3 Å². The summed E-state index contributed by atoms with van der Waals surface area (Å²) < 4.78 is 62.6. The van der Waals surface area contributed by atoms with E-state index in [1.54, 1.807) is 19.1 Å². The van der Waals surface area contributed by atoms with Gasteiger partial charge in [-0.15, -0.1) is 24.9 Å². The number of nitrogens with zero attached hydrogens (tertiary/aromatic N) is 1. The number of alkyl halides is 3. The Morgan fingerprint density at radius 1 is 1.18 bits per heavy atom. The summed E-state index contributed by atoms with van der Waals surface area (Å²) in [6.45, 7) is 3.83. The molecule has 12 heteroatoms. The van der Waals surface area contributed by atoms with Crippen LogP contribution in [-0.2, 0) is 24.7 Å². The van der Waals surface area contributed by atoms with Crippen molar-refractivity contribution in [2.75, 3.05) is 25.4 Å². The van der Waals surface area contributed by atoms with Gasteiger partial charge in [0.25, 0.3) is 0 Å². The molecule has 0 amide bonds. The van der Waals surface area contributed by atoms with Crippen molar-refractivity contribution in [3.8, 4) is 11.5 Å². The molecule has 33 heavy (non-hydrogen) atoms. The van der Waals surface area contributed by atoms with Crippen molar-refractivity contribution in [2.45, 2.75) is 36.4 Å². The van der Waals surface area contributed by atoms with Gasteiger partial charge in [0.15, 0.2) is 6.61 Å². The van der Waals surface area contributed by atoms with Crippen molar-refractivity contribution in [1.29, 1.82) is 0 Å². The fourth-order valence-electron chi connectivity index (χ4n) is 2.89. The second-order valence-corrected chi connectivity index (χ2v) is 11.3. The number of aliphatic carboxylic acids is 1. The number of thioether (sulfide) groups is 1. The molecule has 0 saturated carbocycles. The normalized spacial score (nSPS) is 13.5. The number of benzene rings is 2. The average molecular weight is 524 g/mol. The third-order valence-electron chi connectivity index (χ3n) is 4.27. The number of aryl methyl sites for hydroxylation is 1. The van der Waals surface area contributed by atoms with E-state index >= 15 is 0 Å². The lowest BCUT2D eigenvalue weighted by Gasteiger charge is -2.25. The molecule has 0 aliphatic rings. The van der Waals surface area contributed by atoms with Crippen molar-refractivity contribution in [3.05, 3.63) is 48.0 Å². The number of carboxylic acids is 1. The quantitative estimate of drug-likeness (QED) is 0.398. The highest BCUT2D eigenvalue weighted by atomic mass is 32.8. The molecule has 0 aliphatic carbocycles. The zero-order valence-corrected chi connectivity index (χ0v) is 20.4. The van der Waals surface area contributed by atoms with E-state index in [1.807, 2.05) is 13.0 Å². The van der Waals surface area contributed by atoms with Gasteiger partial charge in [0, 0.05) is 34.9 Å². The molecule has 2 aromatic rings. The lowest BCUT2D eigenvalue weighted by molar-refractivity contribution is -0.275. The van der Waals surface area contributed by atoms with E-state index in [0.717, 1.165) is 16.5 Å². The van der Waals surface area contributed by atoms with Gasteiger partial charge in [-0.2, -0.15) is 0 Å². The number of hydrogen-bond acceptors (Lipinski definition) is 6. The van der Waals surface area contributed by atoms with Crippen molar-refractivity contribution >= 4 is 37.6 Å². The molecule has 2 aromatic carbocycles. The summed E-state index contributed by atoms with van der Waals surface area (Å²) in [5, 5.41) is 8.72. The van der Waals surface area contributed by atoms with Gasteiger partial charge in [0.2, 0.25) is 0 Å². The van der Waals surface area contributed by atoms with Crippen LogP contribution >= 0.6 is 11.8 Å². The molecule has 0 aliphatic heterocycles. The molecule has 0 radical (unpaired) electrons. The number of halogens is 3. The van der Waals surface area contributed by atoms with Crippen LogP contribution in [0.25, 0.3) is 0 Å². The van der Waals surface area contributed by atoms with Gasteiger partial charge in [-0.05, 0) is 49.2 Å². The Balaban J connectivity index is 2.12. The summed E-state index contributed by atoms with van der Waals surface area (Å²) in [5.41, 5.74) is 0.761. The molecule has 6 nitrogen and oxygen atoms in total. The van der Waals surface area contributed by atoms with Crippen LogP contribution in [0.1, 0.15) is 18.9 Å². The summed E-state index contributed by atoms with van der Waals surface area (Å²) >= 11 is 6.77. The predicted octanol–water partition coefficient (Wildman–Crippen LogP) is 4.88. The summed E-state index contributed by atoms with van der Waals surface area (Å²) in [5.74, 6) is -0.695. The lowest BCUT2D eigenvalue weighted by Crippen LogP contribution is -2.33. The van der Waals surface area contributed by atoms with E-state index in [-0.39, 0.29) is 11.4 Å². The minimum Gasteiger partial charge on any atom is -0.482 e. The lowest BCUT2D eigenvalue weighted by atomic mass is 10.2. The largest absolute Gasteiger partial charge is 0.573 e. The summed E-state index contributed by atoms with van der Waals surface area (Å²) in [7, 11) is -3.40. The van der Waals surface area contributed by atoms with Crippen LogP contribution in [0, 0.1) is 6.92 Å². The first-order valence-electron chi connectivity index (χ1n) is 9.87. The molecule has 0 bridgehead atoms. The Bertz CT molecular complexity index is 1060. The van der Waals surface area contributed by atoms with Gasteiger partial charge in [0.05, 0.1) is 4.90 Å². The molecule has 0 heterocycles. The van der Waals surface area contributed by atoms with Crippen LogP contribution in [0.5, 0.6) is 11.5 Å². The van der Waals surface area contributed by atoms with Gasteiger partial charge in [-0.25, -0.2) is 13.3 Å². The smallest absolute Gasteiger partial charge is 0.482 e. The Kier molecular flexibility index (Phi) is 9.83. The zero-order valence-electron chi connectivity index (χ0n) is 18.0. The topological polar surface area (TPSA) is 76.1 Å². The van der Waals surface area contributed by atoms with Crippen LogP contribution in [0.4, 0.5) is 13.2 Å². The highest BCUT2D eigenvalue weighted by Gasteiger charge is 2.34. The molecule has 1 N–H and O–H groups in total. The number of para-hydroxylation sites is 1. The molecular formula is C21H24F3NO5S3. The maximum Gasteiger partial charge on any atom is 0.573 e. The summed E-state index contributed by atoms with van der Waals surface area (Å²) in [4.78, 5) is 11.4. The van der Waals surface area contributed by atoms with E-state index < -0.39 is 33.4 Å². The van der Waals surface area contributed by atoms with Gasteiger partial charge in [-0.3, -0.25) is 0 Å². The maximum atomic E-state index is 13.5. The van der Waals surface area contributed by atoms with Gasteiger partial charge < -0.3 is 14.6 Å². The van der Waals surface area contributed by atoms with E-state index in [9.17, 15) is 22.2 Å². The Morgan fingerprint density at radius 2 is 1.88 bits per heavy atom. The second-order valence-electron chi connectivity index (χ2n) is 6.86. The minimum absolute atomic E-state index is 0.174. The number of hydrogen-bond donors (Lipinski definition) is 1. The van der Waals surface area contributed by atoms with Gasteiger partial charge in [0.1, 0.15) is 20.2 Å². The summed E-state index contributed by atoms with van der Waals surface area (Å²) in [6, 6.07) is 10.5. The molecule has 0 aromatic heterocycles. The fraction of sp³-hybridized carbons (Fsp3) is 0.381. The van der Waals surface area contributed by atoms with Crippen LogP contribution < -0.4 is 9.47 Å². The predicted molar refractivity (Wildman–Crippen MR) is 124 cm³/mol. The molecule has 1 unspecified atom stereocenters. The molecule has 0 spiro atoms. The first-order valence-corrected chi connectivity index (χ1v) is 13.3. The van der Waals surface area contributed by atoms with E-state index in [4.69, 9.17) is 21.0 Å². The number of ether oxygens (including phenoxy) is 2. The molecule has 0 saturated heterocycles. The highest BCUT2D eigenvalue weighted by molar-refractivity contribution is 8.31. The zero-order chi connectivity index (χ0) is 24.6. The molecule has 182 valence electrons. The molecular weight excluding hydrogens is 499 g/mol. The minimum atomic E-state index is -4.93. The Labute approximate surface area is 199 Å². The SMILES string of the molecule is CCCN(CCSc1ccc(OCC(=O)O)c(C)c1)S(=O)(=S)c1ccccc1OC(F)(F)F. The third kappa shape index (κ3) is 8.36. The Morgan fingerprint density at radius 3 is 2.48 bits per heavy atom. The first kappa shape index (κ1) is 27.2. The van der Waals surface area contributed by atoms with Crippen LogP contribution in [0.15, 0.2) is 52.3 Å². The van der Waals surface area contributed by atoms with E-state index in [0.29, 0.717) is 24.5 Å². The Hall–Kier alpha value is -2.02. The average Bonchev–Trinajstić information content (AvgIpc) is 2.71. The van der Waals surface area contributed by atoms with Crippen LogP contribution in [0.3, 0.4) is 0 Å². The maximum absolute atomic E-state index is 13.5. The number of carboxylic acid groups (broad SMARTS) is 1. The fourth-order valence-corrected chi connectivity index (χ4v) is 6.49. The van der Waals surface area contributed by atoms with Gasteiger partial charge in [-0.1, -0.05) is 19.1 Å². The third-order valence-corrected chi connectivity index (χ3v) is 8.36. The van der Waals surface area contributed by atoms with Crippen LogP contribution in [-0.4, -0.2) is 51.4 Å². The first-order chi connectivity index (χ1) is 15.4. The van der Waals surface area contributed by atoms with E-state index in [1.165, 1.54) is 34.3 Å². The summed E-state index contributed by atoms with van der Waals surface area (Å²) in [6.07, 6.45) is -4.32. The standard InChI is InChI=1S/C21H24F3NO5S3/c1-3-10-25(33(28,31)19-7-5-4-6-18(19)30-21(22,23)24)11-12-32-16-8-9-17(15(2)13-16)29-14-20(26)27/h4-9,13H,3,10-12,14H2,1-2H3,(H,26,27). The monoisotopic (exact) mass is 523 g/mol. The number of carbonyl (C=O) groups is 1. The van der Waals surface area contributed by atoms with Crippen molar-refractivity contribution in [3.63, 3.8) is 0 Å². The molecule has 1 atom stereocenters. The van der Waals surface area contributed by atoms with E-state index in [2.05, 4.69) is 4.74 Å². The highest BCUT2D eigenvalue weighted by Crippen LogP contribution is 2.32. The number of rotatable bonds is 12. The molecule has 2 rings (SSSR count). The van der Waals surface area contributed by atoms with Crippen LogP contribution in [0.2, 0.25) is 0 Å². The van der Waals surface area contributed by atoms with Crippen molar-refractivity contribution in [2.24, 2.45) is 0 Å². The van der Waals surface area contributed by atoms with Crippen molar-refractivity contribution in [1.82, 2.24) is 4.31 Å². The van der Waals surface area contributed by atoms with Crippen molar-refractivity contribution < 1.29 is 36.8 Å². The second kappa shape index (κ2) is 11.9.